The third-order valence-electron chi connectivity index (χ3n) is 3.96. The topological polar surface area (TPSA) is 60.2 Å². The Hall–Kier alpha value is -1.89. The van der Waals surface area contributed by atoms with E-state index in [0.29, 0.717) is 13.1 Å². The number of amides is 1. The molecule has 0 unspecified atom stereocenters. The third-order valence-corrected chi connectivity index (χ3v) is 4.52. The molecule has 1 atom stereocenters. The first-order chi connectivity index (χ1) is 11.3. The molecular formula is C17H21BrN4O2. The Kier molecular flexibility index (Phi) is 4.38. The largest absolute Gasteiger partial charge is 0.444 e. The predicted molar refractivity (Wildman–Crippen MR) is 94.5 cm³/mol. The summed E-state index contributed by atoms with van der Waals surface area (Å²) in [4.78, 5) is 18.4. The fourth-order valence-corrected chi connectivity index (χ4v) is 3.56. The number of hydrogen-bond acceptors (Lipinski definition) is 4. The SMILES string of the molecule is C[C@@H]1c2c(-c3ccncc3)c(Br)nn2CCN1C(=O)OC(C)(C)C. The fourth-order valence-electron chi connectivity index (χ4n) is 2.94. The van der Waals surface area contributed by atoms with Crippen LogP contribution in [-0.2, 0) is 11.3 Å². The number of halogens is 1. The molecule has 7 heteroatoms. The zero-order valence-corrected chi connectivity index (χ0v) is 15.9. The van der Waals surface area contributed by atoms with E-state index in [-0.39, 0.29) is 12.1 Å². The summed E-state index contributed by atoms with van der Waals surface area (Å²) in [6.45, 7) is 8.86. The van der Waals surface area contributed by atoms with Gasteiger partial charge in [-0.2, -0.15) is 5.10 Å². The Morgan fingerprint density at radius 2 is 1.96 bits per heavy atom. The van der Waals surface area contributed by atoms with Gasteiger partial charge in [-0.25, -0.2) is 4.79 Å². The van der Waals surface area contributed by atoms with Crippen molar-refractivity contribution in [2.24, 2.45) is 0 Å². The maximum Gasteiger partial charge on any atom is 0.410 e. The highest BCUT2D eigenvalue weighted by molar-refractivity contribution is 9.10. The standard InChI is InChI=1S/C17H21BrN4O2/c1-11-14-13(12-5-7-19-8-6-12)15(18)20-22(14)10-9-21(11)16(23)24-17(2,3)4/h5-8,11H,9-10H2,1-4H3/t11-/m1/s1. The maximum atomic E-state index is 12.5. The van der Waals surface area contributed by atoms with E-state index in [4.69, 9.17) is 4.74 Å². The van der Waals surface area contributed by atoms with Gasteiger partial charge in [0.2, 0.25) is 0 Å². The maximum absolute atomic E-state index is 12.5. The molecule has 0 saturated carbocycles. The van der Waals surface area contributed by atoms with Gasteiger partial charge in [0, 0.05) is 24.5 Å². The summed E-state index contributed by atoms with van der Waals surface area (Å²) >= 11 is 3.56. The Bertz CT molecular complexity index is 752. The molecule has 1 amide bonds. The second kappa shape index (κ2) is 6.20. The van der Waals surface area contributed by atoms with Crippen molar-refractivity contribution >= 4 is 22.0 Å². The van der Waals surface area contributed by atoms with Crippen LogP contribution in [0.5, 0.6) is 0 Å². The van der Waals surface area contributed by atoms with E-state index in [0.717, 1.165) is 21.4 Å². The lowest BCUT2D eigenvalue weighted by Crippen LogP contribution is -2.43. The lowest BCUT2D eigenvalue weighted by atomic mass is 10.0. The van der Waals surface area contributed by atoms with Crippen LogP contribution < -0.4 is 0 Å². The summed E-state index contributed by atoms with van der Waals surface area (Å²) in [6, 6.07) is 3.76. The molecule has 0 fully saturated rings. The second-order valence-electron chi connectivity index (χ2n) is 6.86. The molecule has 128 valence electrons. The van der Waals surface area contributed by atoms with E-state index in [9.17, 15) is 4.79 Å². The van der Waals surface area contributed by atoms with Gasteiger partial charge in [-0.15, -0.1) is 0 Å². The minimum atomic E-state index is -0.511. The molecule has 24 heavy (non-hydrogen) atoms. The van der Waals surface area contributed by atoms with Crippen molar-refractivity contribution in [2.75, 3.05) is 6.54 Å². The molecular weight excluding hydrogens is 372 g/mol. The van der Waals surface area contributed by atoms with Crippen LogP contribution in [0.4, 0.5) is 4.79 Å². The van der Waals surface area contributed by atoms with E-state index in [1.54, 1.807) is 17.3 Å². The Balaban J connectivity index is 1.98. The molecule has 2 aromatic heterocycles. The quantitative estimate of drug-likeness (QED) is 0.734. The molecule has 0 aromatic carbocycles. The molecule has 0 N–H and O–H groups in total. The Labute approximate surface area is 149 Å². The van der Waals surface area contributed by atoms with Crippen LogP contribution in [-0.4, -0.2) is 37.9 Å². The molecule has 1 aliphatic rings. The monoisotopic (exact) mass is 392 g/mol. The summed E-state index contributed by atoms with van der Waals surface area (Å²) in [5.74, 6) is 0. The molecule has 3 rings (SSSR count). The van der Waals surface area contributed by atoms with Crippen LogP contribution >= 0.6 is 15.9 Å². The average Bonchev–Trinajstić information content (AvgIpc) is 2.83. The first kappa shape index (κ1) is 17.0. The number of pyridine rings is 1. The summed E-state index contributed by atoms with van der Waals surface area (Å²) < 4.78 is 8.29. The molecule has 0 saturated heterocycles. The van der Waals surface area contributed by atoms with Crippen molar-refractivity contribution < 1.29 is 9.53 Å². The molecule has 0 aliphatic carbocycles. The minimum Gasteiger partial charge on any atom is -0.444 e. The molecule has 1 aliphatic heterocycles. The van der Waals surface area contributed by atoms with Gasteiger partial charge in [-0.3, -0.25) is 14.6 Å². The van der Waals surface area contributed by atoms with Crippen LogP contribution in [0.15, 0.2) is 29.1 Å². The van der Waals surface area contributed by atoms with Gasteiger partial charge < -0.3 is 4.74 Å². The molecule has 3 heterocycles. The number of carbonyl (C=O) groups is 1. The summed E-state index contributed by atoms with van der Waals surface area (Å²) in [5.41, 5.74) is 2.52. The van der Waals surface area contributed by atoms with Crippen molar-refractivity contribution in [1.29, 1.82) is 0 Å². The van der Waals surface area contributed by atoms with Crippen molar-refractivity contribution in [2.45, 2.75) is 45.9 Å². The summed E-state index contributed by atoms with van der Waals surface area (Å²) in [6.07, 6.45) is 3.22. The van der Waals surface area contributed by atoms with Gasteiger partial charge in [0.1, 0.15) is 10.2 Å². The first-order valence-electron chi connectivity index (χ1n) is 7.94. The van der Waals surface area contributed by atoms with E-state index in [1.807, 2.05) is 44.5 Å². The lowest BCUT2D eigenvalue weighted by molar-refractivity contribution is 0.0121. The number of nitrogens with zero attached hydrogens (tertiary/aromatic N) is 4. The van der Waals surface area contributed by atoms with Gasteiger partial charge in [0.25, 0.3) is 0 Å². The van der Waals surface area contributed by atoms with Crippen LogP contribution in [0.25, 0.3) is 11.1 Å². The Morgan fingerprint density at radius 3 is 2.58 bits per heavy atom. The van der Waals surface area contributed by atoms with E-state index in [1.165, 1.54) is 0 Å². The van der Waals surface area contributed by atoms with Crippen LogP contribution in [0.1, 0.15) is 39.4 Å². The normalized spacial score (nSPS) is 17.5. The van der Waals surface area contributed by atoms with E-state index < -0.39 is 5.60 Å². The number of rotatable bonds is 1. The predicted octanol–water partition coefficient (Wildman–Crippen LogP) is 4.02. The van der Waals surface area contributed by atoms with Crippen molar-refractivity contribution in [3.05, 3.63) is 34.8 Å². The zero-order chi connectivity index (χ0) is 17.5. The minimum absolute atomic E-state index is 0.129. The first-order valence-corrected chi connectivity index (χ1v) is 8.73. The van der Waals surface area contributed by atoms with Crippen LogP contribution in [0.2, 0.25) is 0 Å². The Morgan fingerprint density at radius 1 is 1.29 bits per heavy atom. The zero-order valence-electron chi connectivity index (χ0n) is 14.3. The number of hydrogen-bond donors (Lipinski definition) is 0. The van der Waals surface area contributed by atoms with Gasteiger partial charge in [-0.05, 0) is 61.3 Å². The highest BCUT2D eigenvalue weighted by Crippen LogP contribution is 2.38. The van der Waals surface area contributed by atoms with Gasteiger partial charge in [0.15, 0.2) is 0 Å². The van der Waals surface area contributed by atoms with Gasteiger partial charge in [0.05, 0.1) is 18.3 Å². The van der Waals surface area contributed by atoms with Crippen LogP contribution in [0, 0.1) is 0 Å². The molecule has 2 aromatic rings. The van der Waals surface area contributed by atoms with Crippen molar-refractivity contribution in [1.82, 2.24) is 19.7 Å². The molecule has 0 spiro atoms. The average molecular weight is 393 g/mol. The highest BCUT2D eigenvalue weighted by Gasteiger charge is 2.35. The van der Waals surface area contributed by atoms with E-state index in [2.05, 4.69) is 26.0 Å². The smallest absolute Gasteiger partial charge is 0.410 e. The van der Waals surface area contributed by atoms with Crippen molar-refractivity contribution in [3.63, 3.8) is 0 Å². The molecule has 0 bridgehead atoms. The van der Waals surface area contributed by atoms with Crippen molar-refractivity contribution in [3.8, 4) is 11.1 Å². The highest BCUT2D eigenvalue weighted by atomic mass is 79.9. The summed E-state index contributed by atoms with van der Waals surface area (Å²) in [5, 5.41) is 4.58. The summed E-state index contributed by atoms with van der Waals surface area (Å²) in [7, 11) is 0. The van der Waals surface area contributed by atoms with Gasteiger partial charge >= 0.3 is 6.09 Å². The second-order valence-corrected chi connectivity index (χ2v) is 7.61. The number of carbonyl (C=O) groups excluding carboxylic acids is 1. The fraction of sp³-hybridized carbons (Fsp3) is 0.471. The molecule has 0 radical (unpaired) electrons. The van der Waals surface area contributed by atoms with Gasteiger partial charge in [-0.1, -0.05) is 0 Å². The van der Waals surface area contributed by atoms with E-state index >= 15 is 0 Å². The lowest BCUT2D eigenvalue weighted by Gasteiger charge is -2.35. The number of aromatic nitrogens is 3. The number of fused-ring (bicyclic) bond motifs is 1. The van der Waals surface area contributed by atoms with Crippen LogP contribution in [0.3, 0.4) is 0 Å². The number of ether oxygens (including phenoxy) is 1. The molecule has 6 nitrogen and oxygen atoms in total. The third kappa shape index (κ3) is 3.17.